The average Bonchev–Trinajstić information content (AvgIpc) is 2.60. The van der Waals surface area contributed by atoms with E-state index in [1.165, 1.54) is 37.3 Å². The van der Waals surface area contributed by atoms with Gasteiger partial charge in [-0.1, -0.05) is 11.6 Å². The molecule has 1 N–H and O–H groups in total. The smallest absolute Gasteiger partial charge is 0.325 e. The van der Waals surface area contributed by atoms with Gasteiger partial charge in [0.05, 0.1) is 22.2 Å². The van der Waals surface area contributed by atoms with Gasteiger partial charge in [0, 0.05) is 18.3 Å². The average molecular weight is 396 g/mol. The van der Waals surface area contributed by atoms with Crippen LogP contribution >= 0.6 is 11.6 Å². The number of carbonyl (C=O) groups is 2. The molecule has 0 aliphatic rings. The Labute approximate surface area is 158 Å². The lowest BCUT2D eigenvalue weighted by molar-refractivity contribution is -0.137. The Bertz CT molecular complexity index is 906. The lowest BCUT2D eigenvalue weighted by Crippen LogP contribution is -2.36. The number of hydrogen-bond acceptors (Lipinski definition) is 3. The number of nitrogens with zero attached hydrogens (tertiary/aromatic N) is 2. The highest BCUT2D eigenvalue weighted by atomic mass is 35.5. The molecule has 5 nitrogen and oxygen atoms in total. The molecule has 0 fully saturated rings. The van der Waals surface area contributed by atoms with Crippen LogP contribution in [0.4, 0.5) is 24.5 Å². The van der Waals surface area contributed by atoms with Gasteiger partial charge in [-0.05, 0) is 42.5 Å². The van der Waals surface area contributed by atoms with Crippen LogP contribution < -0.4 is 10.2 Å². The van der Waals surface area contributed by atoms with Crippen molar-refractivity contribution in [1.82, 2.24) is 0 Å². The summed E-state index contributed by atoms with van der Waals surface area (Å²) in [4.78, 5) is 25.2. The van der Waals surface area contributed by atoms with Crippen molar-refractivity contribution in [1.29, 1.82) is 5.26 Å². The Kier molecular flexibility index (Phi) is 6.08. The number of alkyl halides is 3. The molecular formula is C18H13ClF3N3O2. The normalized spacial score (nSPS) is 10.8. The number of halogens is 4. The van der Waals surface area contributed by atoms with Crippen LogP contribution in [0.2, 0.25) is 5.02 Å². The fraction of sp³-hybridized carbons (Fsp3) is 0.167. The first kappa shape index (κ1) is 20.3. The molecule has 0 heterocycles. The number of amides is 2. The van der Waals surface area contributed by atoms with E-state index in [9.17, 15) is 22.8 Å². The molecule has 0 unspecified atom stereocenters. The summed E-state index contributed by atoms with van der Waals surface area (Å²) in [5.74, 6) is -1.13. The summed E-state index contributed by atoms with van der Waals surface area (Å²) >= 11 is 5.54. The highest BCUT2D eigenvalue weighted by Crippen LogP contribution is 2.36. The number of benzene rings is 2. The molecule has 2 amide bonds. The number of anilines is 2. The third kappa shape index (κ3) is 5.21. The summed E-state index contributed by atoms with van der Waals surface area (Å²) in [6, 6.07) is 10.9. The van der Waals surface area contributed by atoms with Crippen LogP contribution in [0, 0.1) is 11.3 Å². The van der Waals surface area contributed by atoms with E-state index in [2.05, 4.69) is 5.32 Å². The molecule has 2 rings (SSSR count). The monoisotopic (exact) mass is 395 g/mol. The summed E-state index contributed by atoms with van der Waals surface area (Å²) in [5.41, 5.74) is -0.408. The van der Waals surface area contributed by atoms with Gasteiger partial charge in [0.2, 0.25) is 11.8 Å². The molecule has 2 aromatic carbocycles. The van der Waals surface area contributed by atoms with Crippen LogP contribution in [-0.2, 0) is 15.8 Å². The van der Waals surface area contributed by atoms with Gasteiger partial charge in [-0.25, -0.2) is 0 Å². The molecule has 27 heavy (non-hydrogen) atoms. The minimum atomic E-state index is -4.66. The molecule has 0 aliphatic carbocycles. The van der Waals surface area contributed by atoms with Crippen LogP contribution in [-0.4, -0.2) is 18.4 Å². The van der Waals surface area contributed by atoms with E-state index in [4.69, 9.17) is 16.9 Å². The zero-order chi connectivity index (χ0) is 20.2. The Morgan fingerprint density at radius 1 is 1.19 bits per heavy atom. The molecule has 9 heteroatoms. The van der Waals surface area contributed by atoms with Gasteiger partial charge in [0.25, 0.3) is 0 Å². The van der Waals surface area contributed by atoms with Crippen molar-refractivity contribution in [3.8, 4) is 6.07 Å². The maximum atomic E-state index is 12.9. The van der Waals surface area contributed by atoms with Gasteiger partial charge in [0.1, 0.15) is 6.54 Å². The summed E-state index contributed by atoms with van der Waals surface area (Å²) < 4.78 is 38.7. The highest BCUT2D eigenvalue weighted by Gasteiger charge is 2.33. The van der Waals surface area contributed by atoms with Crippen molar-refractivity contribution in [2.75, 3.05) is 16.8 Å². The number of nitrogens with one attached hydrogen (secondary N) is 1. The number of hydrogen-bond donors (Lipinski definition) is 1. The number of nitriles is 1. The minimum absolute atomic E-state index is 0.0972. The van der Waals surface area contributed by atoms with E-state index in [1.54, 1.807) is 0 Å². The third-order valence-corrected chi connectivity index (χ3v) is 3.88. The molecule has 0 aromatic heterocycles. The van der Waals surface area contributed by atoms with E-state index in [0.717, 1.165) is 17.0 Å². The van der Waals surface area contributed by atoms with Gasteiger partial charge in [-0.15, -0.1) is 0 Å². The number of rotatable bonds is 4. The lowest BCUT2D eigenvalue weighted by atomic mass is 10.2. The van der Waals surface area contributed by atoms with Crippen molar-refractivity contribution in [2.24, 2.45) is 0 Å². The topological polar surface area (TPSA) is 73.2 Å². The van der Waals surface area contributed by atoms with Crippen LogP contribution in [0.3, 0.4) is 0 Å². The highest BCUT2D eigenvalue weighted by molar-refractivity contribution is 6.31. The van der Waals surface area contributed by atoms with E-state index >= 15 is 0 Å². The molecule has 0 saturated heterocycles. The second-order valence-electron chi connectivity index (χ2n) is 5.50. The third-order valence-electron chi connectivity index (χ3n) is 3.55. The van der Waals surface area contributed by atoms with Gasteiger partial charge in [-0.3, -0.25) is 9.59 Å². The fourth-order valence-corrected chi connectivity index (χ4v) is 2.49. The zero-order valence-electron chi connectivity index (χ0n) is 14.0. The maximum Gasteiger partial charge on any atom is 0.417 e. The summed E-state index contributed by atoms with van der Waals surface area (Å²) in [6.07, 6.45) is -4.66. The predicted molar refractivity (Wildman–Crippen MR) is 94.3 cm³/mol. The largest absolute Gasteiger partial charge is 0.417 e. The summed E-state index contributed by atoms with van der Waals surface area (Å²) in [7, 11) is 0. The number of carbonyl (C=O) groups excluding carboxylic acids is 2. The van der Waals surface area contributed by atoms with E-state index in [1.807, 2.05) is 6.07 Å². The lowest BCUT2D eigenvalue weighted by Gasteiger charge is -2.21. The second-order valence-corrected chi connectivity index (χ2v) is 5.91. The quantitative estimate of drug-likeness (QED) is 0.842. The SMILES string of the molecule is CC(=O)N(CC(=O)Nc1ccc(Cl)c(C(F)(F)F)c1)c1ccc(C#N)cc1. The molecule has 0 aliphatic heterocycles. The Morgan fingerprint density at radius 2 is 1.81 bits per heavy atom. The van der Waals surface area contributed by atoms with Gasteiger partial charge >= 0.3 is 6.18 Å². The summed E-state index contributed by atoms with van der Waals surface area (Å²) in [5, 5.41) is 10.6. The molecule has 0 radical (unpaired) electrons. The van der Waals surface area contributed by atoms with Crippen molar-refractivity contribution in [3.63, 3.8) is 0 Å². The fourth-order valence-electron chi connectivity index (χ4n) is 2.26. The van der Waals surface area contributed by atoms with Gasteiger partial charge in [0.15, 0.2) is 0 Å². The van der Waals surface area contributed by atoms with Gasteiger partial charge < -0.3 is 10.2 Å². The van der Waals surface area contributed by atoms with E-state index in [-0.39, 0.29) is 5.69 Å². The van der Waals surface area contributed by atoms with Crippen molar-refractivity contribution < 1.29 is 22.8 Å². The molecular weight excluding hydrogens is 383 g/mol. The van der Waals surface area contributed by atoms with Gasteiger partial charge in [-0.2, -0.15) is 18.4 Å². The first-order valence-corrected chi connectivity index (χ1v) is 7.94. The molecule has 0 bridgehead atoms. The van der Waals surface area contributed by atoms with Crippen molar-refractivity contribution in [2.45, 2.75) is 13.1 Å². The van der Waals surface area contributed by atoms with Crippen molar-refractivity contribution in [3.05, 3.63) is 58.6 Å². The minimum Gasteiger partial charge on any atom is -0.325 e. The van der Waals surface area contributed by atoms with E-state index in [0.29, 0.717) is 11.3 Å². The summed E-state index contributed by atoms with van der Waals surface area (Å²) in [6.45, 7) is 0.834. The van der Waals surface area contributed by atoms with Crippen LogP contribution in [0.5, 0.6) is 0 Å². The first-order chi connectivity index (χ1) is 12.6. The molecule has 0 atom stereocenters. The van der Waals surface area contributed by atoms with Crippen molar-refractivity contribution >= 4 is 34.8 Å². The Balaban J connectivity index is 2.17. The molecule has 0 saturated carbocycles. The molecule has 0 spiro atoms. The van der Waals surface area contributed by atoms with Crippen LogP contribution in [0.1, 0.15) is 18.1 Å². The first-order valence-electron chi connectivity index (χ1n) is 7.56. The molecule has 140 valence electrons. The zero-order valence-corrected chi connectivity index (χ0v) is 14.7. The standard InChI is InChI=1S/C18H13ClF3N3O2/c1-11(26)25(14-5-2-12(9-23)3-6-14)10-17(27)24-13-4-7-16(19)15(8-13)18(20,21)22/h2-8H,10H2,1H3,(H,24,27). The molecule has 2 aromatic rings. The van der Waals surface area contributed by atoms with Crippen LogP contribution in [0.15, 0.2) is 42.5 Å². The maximum absolute atomic E-state index is 12.9. The Hall–Kier alpha value is -3.05. The van der Waals surface area contributed by atoms with Crippen LogP contribution in [0.25, 0.3) is 0 Å². The van der Waals surface area contributed by atoms with E-state index < -0.39 is 35.1 Å². The second kappa shape index (κ2) is 8.10. The Morgan fingerprint density at radius 3 is 2.33 bits per heavy atom. The predicted octanol–water partition coefficient (Wildman–Crippen LogP) is 4.22.